The number of carbonyl (C=O) groups is 2. The Morgan fingerprint density at radius 1 is 0.850 bits per heavy atom. The Hall–Kier alpha value is 0.730. The van der Waals surface area contributed by atoms with Crippen LogP contribution in [0.25, 0.3) is 0 Å². The number of carbonyl (C=O) groups excluding carboxylic acids is 2. The summed E-state index contributed by atoms with van der Waals surface area (Å²) in [4.78, 5) is 21.7. The molecule has 0 aliphatic heterocycles. The average Bonchev–Trinajstić information content (AvgIpc) is 2.36. The van der Waals surface area contributed by atoms with E-state index >= 15 is 0 Å². The predicted molar refractivity (Wildman–Crippen MR) is 64.0 cm³/mol. The molecule has 110 valence electrons. The van der Waals surface area contributed by atoms with E-state index in [1.54, 1.807) is 0 Å². The number of ether oxygens (including phenoxy) is 2. The molecule has 20 heavy (non-hydrogen) atoms. The van der Waals surface area contributed by atoms with Gasteiger partial charge in [0.1, 0.15) is 0 Å². The maximum atomic E-state index is 10.8. The fourth-order valence-corrected chi connectivity index (χ4v) is 11.0. The van der Waals surface area contributed by atoms with Crippen molar-refractivity contribution in [1.29, 1.82) is 0 Å². The normalized spacial score (nSPS) is 12.8. The third kappa shape index (κ3) is 11.4. The molecule has 0 aliphatic carbocycles. The fourth-order valence-electron chi connectivity index (χ4n) is 1.82. The summed E-state index contributed by atoms with van der Waals surface area (Å²) in [6.45, 7) is 7.96. The molecule has 0 bridgehead atoms. The summed E-state index contributed by atoms with van der Waals surface area (Å²) in [5.74, 6) is -0.399. The second-order valence-corrected chi connectivity index (χ2v) is 14.2. The van der Waals surface area contributed by atoms with Gasteiger partial charge in [0.25, 0.3) is 0 Å². The Morgan fingerprint density at radius 2 is 1.20 bits per heavy atom. The maximum absolute atomic E-state index is 10.8. The first-order chi connectivity index (χ1) is 9.51. The second-order valence-electron chi connectivity index (χ2n) is 4.25. The third-order valence-electron chi connectivity index (χ3n) is 2.59. The summed E-state index contributed by atoms with van der Waals surface area (Å²) in [5.41, 5.74) is 0. The summed E-state index contributed by atoms with van der Waals surface area (Å²) in [5, 5.41) is 0. The monoisotopic (exact) mass is 666 g/mol. The van der Waals surface area contributed by atoms with E-state index in [4.69, 9.17) is 14.8 Å². The van der Waals surface area contributed by atoms with Crippen LogP contribution in [0.2, 0.25) is 7.86 Å². The first-order valence-corrected chi connectivity index (χ1v) is 19.3. The van der Waals surface area contributed by atoms with Crippen molar-refractivity contribution >= 4 is 11.9 Å². The standard InChI is InChI=1S/C8H16O2.2C2H4O2.2Hg/c1-5-9-7(3)8(4)10-6-2;2*1-2(3)4;;/h7-8H,3-6H2,1-2H3;2*1H3,(H,3,4);;/q;;;2*+1/p-2. The van der Waals surface area contributed by atoms with Crippen LogP contribution in [0.3, 0.4) is 0 Å². The quantitative estimate of drug-likeness (QED) is 0.314. The van der Waals surface area contributed by atoms with E-state index in [-0.39, 0.29) is 24.1 Å². The van der Waals surface area contributed by atoms with Crippen LogP contribution in [0.4, 0.5) is 0 Å². The Labute approximate surface area is 146 Å². The molecule has 0 N–H and O–H groups in total. The van der Waals surface area contributed by atoms with Gasteiger partial charge in [-0.05, 0) is 0 Å². The van der Waals surface area contributed by atoms with Crippen molar-refractivity contribution in [2.45, 2.75) is 47.8 Å². The van der Waals surface area contributed by atoms with Gasteiger partial charge < -0.3 is 0 Å². The minimum atomic E-state index is -1.69. The molecule has 8 heteroatoms. The SMILES string of the molecule is CCOC([CH2][Hg][O]C(C)=O)C([CH2][Hg][O]C(C)=O)OCC. The molecule has 6 nitrogen and oxygen atoms in total. The van der Waals surface area contributed by atoms with Gasteiger partial charge in [-0.3, -0.25) is 0 Å². The molecule has 0 aromatic rings. The van der Waals surface area contributed by atoms with Gasteiger partial charge in [0.15, 0.2) is 0 Å². The molecule has 0 saturated carbocycles. The van der Waals surface area contributed by atoms with E-state index in [2.05, 4.69) is 0 Å². The van der Waals surface area contributed by atoms with Crippen molar-refractivity contribution < 1.29 is 74.4 Å². The zero-order chi connectivity index (χ0) is 15.4. The van der Waals surface area contributed by atoms with Crippen molar-refractivity contribution in [3.63, 3.8) is 0 Å². The van der Waals surface area contributed by atoms with Gasteiger partial charge >= 0.3 is 147 Å². The predicted octanol–water partition coefficient (Wildman–Crippen LogP) is 1.75. The fraction of sp³-hybridized carbons (Fsp3) is 0.833. The third-order valence-corrected chi connectivity index (χ3v) is 13.6. The first kappa shape index (κ1) is 20.7. The van der Waals surface area contributed by atoms with Gasteiger partial charge in [-0.1, -0.05) is 0 Å². The Kier molecular flexibility index (Phi) is 13.9. The van der Waals surface area contributed by atoms with Gasteiger partial charge in [0, 0.05) is 0 Å². The molecular weight excluding hydrogens is 641 g/mol. The average molecular weight is 663 g/mol. The van der Waals surface area contributed by atoms with E-state index in [9.17, 15) is 9.59 Å². The van der Waals surface area contributed by atoms with Crippen LogP contribution in [0.5, 0.6) is 0 Å². The van der Waals surface area contributed by atoms with Gasteiger partial charge in [-0.2, -0.15) is 0 Å². The molecule has 0 fully saturated rings. The molecule has 2 atom stereocenters. The van der Waals surface area contributed by atoms with Gasteiger partial charge in [0.2, 0.25) is 0 Å². The second kappa shape index (κ2) is 13.4. The number of hydrogen-bond acceptors (Lipinski definition) is 6. The Bertz CT molecular complexity index is 259. The summed E-state index contributed by atoms with van der Waals surface area (Å²) < 4.78 is 23.4. The number of rotatable bonds is 11. The van der Waals surface area contributed by atoms with E-state index in [0.717, 1.165) is 7.86 Å². The van der Waals surface area contributed by atoms with Crippen LogP contribution < -0.4 is 0 Å². The van der Waals surface area contributed by atoms with Gasteiger partial charge in [0.05, 0.1) is 0 Å². The van der Waals surface area contributed by atoms with Crippen LogP contribution in [-0.4, -0.2) is 37.4 Å². The topological polar surface area (TPSA) is 71.1 Å². The Morgan fingerprint density at radius 3 is 1.45 bits per heavy atom. The summed E-state index contributed by atoms with van der Waals surface area (Å²) >= 11 is -3.38. The van der Waals surface area contributed by atoms with E-state index in [1.807, 2.05) is 13.8 Å². The molecule has 0 aromatic carbocycles. The van der Waals surface area contributed by atoms with E-state index in [1.165, 1.54) is 13.8 Å². The van der Waals surface area contributed by atoms with E-state index in [0.29, 0.717) is 13.2 Å². The van der Waals surface area contributed by atoms with Crippen LogP contribution in [0.15, 0.2) is 0 Å². The van der Waals surface area contributed by atoms with Crippen LogP contribution >= 0.6 is 0 Å². The van der Waals surface area contributed by atoms with Crippen molar-refractivity contribution in [2.75, 3.05) is 13.2 Å². The zero-order valence-corrected chi connectivity index (χ0v) is 23.8. The molecule has 0 spiro atoms. The van der Waals surface area contributed by atoms with E-state index < -0.39 is 50.1 Å². The van der Waals surface area contributed by atoms with Crippen molar-refractivity contribution in [3.8, 4) is 0 Å². The molecule has 0 aliphatic rings. The molecular formula is C12H22Hg2O6. The van der Waals surface area contributed by atoms with Crippen molar-refractivity contribution in [3.05, 3.63) is 0 Å². The molecule has 0 heterocycles. The van der Waals surface area contributed by atoms with Crippen LogP contribution in [-0.2, 0) is 74.4 Å². The summed E-state index contributed by atoms with van der Waals surface area (Å²) in [6, 6.07) is 0. The Balaban J connectivity index is 4.33. The van der Waals surface area contributed by atoms with Crippen LogP contribution in [0, 0.1) is 0 Å². The molecule has 0 aromatic heterocycles. The van der Waals surface area contributed by atoms with Crippen LogP contribution in [0.1, 0.15) is 27.7 Å². The van der Waals surface area contributed by atoms with Crippen molar-refractivity contribution in [1.82, 2.24) is 0 Å². The molecule has 0 rings (SSSR count). The zero-order valence-electron chi connectivity index (χ0n) is 12.8. The molecule has 0 amide bonds. The number of hydrogen-bond donors (Lipinski definition) is 0. The van der Waals surface area contributed by atoms with Gasteiger partial charge in [-0.15, -0.1) is 0 Å². The molecule has 0 saturated heterocycles. The van der Waals surface area contributed by atoms with Crippen molar-refractivity contribution in [2.24, 2.45) is 0 Å². The summed E-state index contributed by atoms with van der Waals surface area (Å²) in [6.07, 6.45) is -0.0620. The minimum absolute atomic E-state index is 0.0310. The molecule has 0 radical (unpaired) electrons. The van der Waals surface area contributed by atoms with Gasteiger partial charge in [-0.25, -0.2) is 0 Å². The molecule has 2 unspecified atom stereocenters. The first-order valence-electron chi connectivity index (χ1n) is 7.01. The summed E-state index contributed by atoms with van der Waals surface area (Å²) in [7, 11) is 0.